The van der Waals surface area contributed by atoms with Crippen LogP contribution in [0.1, 0.15) is 32.2 Å². The molecule has 1 unspecified atom stereocenters. The van der Waals surface area contributed by atoms with E-state index in [1.165, 1.54) is 11.5 Å². The molecule has 1 atom stereocenters. The van der Waals surface area contributed by atoms with Crippen LogP contribution in [-0.4, -0.2) is 27.3 Å². The van der Waals surface area contributed by atoms with E-state index < -0.39 is 11.7 Å². The van der Waals surface area contributed by atoms with E-state index in [1.807, 2.05) is 13.8 Å². The van der Waals surface area contributed by atoms with Crippen molar-refractivity contribution < 1.29 is 9.59 Å². The van der Waals surface area contributed by atoms with Crippen molar-refractivity contribution in [2.75, 3.05) is 0 Å². The third-order valence-electron chi connectivity index (χ3n) is 3.26. The van der Waals surface area contributed by atoms with Gasteiger partial charge in [-0.2, -0.15) is 4.98 Å². The molecular formula is C14H20BrN3O3. The highest BCUT2D eigenvalue weighted by Crippen LogP contribution is 2.16. The summed E-state index contributed by atoms with van der Waals surface area (Å²) >= 11 is 3.34. The summed E-state index contributed by atoms with van der Waals surface area (Å²) in [5, 5.41) is 2.66. The van der Waals surface area contributed by atoms with Gasteiger partial charge in [0.05, 0.1) is 16.2 Å². The molecule has 1 rings (SSSR count). The minimum absolute atomic E-state index is 0.00727. The van der Waals surface area contributed by atoms with Gasteiger partial charge in [0.25, 0.3) is 0 Å². The molecule has 0 saturated heterocycles. The average Bonchev–Trinajstić information content (AvgIpc) is 2.37. The summed E-state index contributed by atoms with van der Waals surface area (Å²) in [6, 6.07) is -0.546. The highest BCUT2D eigenvalue weighted by atomic mass is 79.9. The Labute approximate surface area is 132 Å². The molecule has 0 saturated carbocycles. The molecule has 0 spiro atoms. The standard InChI is InChI=1S/C14H20BrN3O3/c1-7(2)13(10(5)19)17-11(20)6-18-9(4)12(15)8(3)16-14(18)21/h7,13H,6H2,1-5H3,(H,17,20). The topological polar surface area (TPSA) is 81.1 Å². The van der Waals surface area contributed by atoms with Gasteiger partial charge in [0, 0.05) is 5.69 Å². The molecule has 0 aromatic carbocycles. The molecule has 116 valence electrons. The molecule has 0 fully saturated rings. The molecular weight excluding hydrogens is 338 g/mol. The highest BCUT2D eigenvalue weighted by molar-refractivity contribution is 9.10. The first-order chi connectivity index (χ1) is 9.65. The van der Waals surface area contributed by atoms with Crippen molar-refractivity contribution in [2.24, 2.45) is 5.92 Å². The fourth-order valence-electron chi connectivity index (χ4n) is 2.06. The Hall–Kier alpha value is -1.50. The number of halogens is 1. The molecule has 21 heavy (non-hydrogen) atoms. The Kier molecular flexibility index (Phi) is 5.83. The zero-order valence-electron chi connectivity index (χ0n) is 12.9. The normalized spacial score (nSPS) is 12.3. The molecule has 6 nitrogen and oxygen atoms in total. The van der Waals surface area contributed by atoms with E-state index >= 15 is 0 Å². The fourth-order valence-corrected chi connectivity index (χ4v) is 2.37. The number of carbonyl (C=O) groups is 2. The van der Waals surface area contributed by atoms with Gasteiger partial charge >= 0.3 is 5.69 Å². The van der Waals surface area contributed by atoms with Gasteiger partial charge in [0.15, 0.2) is 5.78 Å². The maximum absolute atomic E-state index is 12.1. The molecule has 0 aliphatic carbocycles. The van der Waals surface area contributed by atoms with Crippen molar-refractivity contribution in [2.45, 2.75) is 47.2 Å². The predicted molar refractivity (Wildman–Crippen MR) is 83.1 cm³/mol. The van der Waals surface area contributed by atoms with Gasteiger partial charge in [-0.3, -0.25) is 14.2 Å². The largest absolute Gasteiger partial charge is 0.348 e. The van der Waals surface area contributed by atoms with E-state index in [0.29, 0.717) is 15.9 Å². The Bertz CT molecular complexity index is 623. The van der Waals surface area contributed by atoms with Crippen LogP contribution >= 0.6 is 15.9 Å². The summed E-state index contributed by atoms with van der Waals surface area (Å²) in [6.07, 6.45) is 0. The number of Topliss-reactive ketones (excluding diaryl/α,β-unsaturated/α-hetero) is 1. The van der Waals surface area contributed by atoms with E-state index in [4.69, 9.17) is 0 Å². The molecule has 7 heteroatoms. The number of nitrogens with one attached hydrogen (secondary N) is 1. The van der Waals surface area contributed by atoms with E-state index in [1.54, 1.807) is 13.8 Å². The third-order valence-corrected chi connectivity index (χ3v) is 4.40. The summed E-state index contributed by atoms with van der Waals surface area (Å²) in [7, 11) is 0. The first-order valence-corrected chi connectivity index (χ1v) is 7.47. The number of aryl methyl sites for hydroxylation is 1. The second-order valence-electron chi connectivity index (χ2n) is 5.37. The number of hydrogen-bond acceptors (Lipinski definition) is 4. The lowest BCUT2D eigenvalue weighted by atomic mass is 10.0. The molecule has 1 N–H and O–H groups in total. The number of carbonyl (C=O) groups excluding carboxylic acids is 2. The zero-order chi connectivity index (χ0) is 16.3. The second kappa shape index (κ2) is 6.98. The van der Waals surface area contributed by atoms with Gasteiger partial charge in [-0.1, -0.05) is 13.8 Å². The van der Waals surface area contributed by atoms with E-state index in [2.05, 4.69) is 26.2 Å². The van der Waals surface area contributed by atoms with E-state index in [9.17, 15) is 14.4 Å². The fraction of sp³-hybridized carbons (Fsp3) is 0.571. The first kappa shape index (κ1) is 17.6. The van der Waals surface area contributed by atoms with Gasteiger partial charge in [0.1, 0.15) is 6.54 Å². The molecule has 0 aliphatic rings. The maximum atomic E-state index is 12.1. The maximum Gasteiger partial charge on any atom is 0.348 e. The average molecular weight is 358 g/mol. The number of aromatic nitrogens is 2. The Balaban J connectivity index is 2.97. The Morgan fingerprint density at radius 3 is 2.38 bits per heavy atom. The smallest absolute Gasteiger partial charge is 0.344 e. The van der Waals surface area contributed by atoms with Crippen molar-refractivity contribution in [3.8, 4) is 0 Å². The molecule has 1 aromatic heterocycles. The highest BCUT2D eigenvalue weighted by Gasteiger charge is 2.21. The SMILES string of the molecule is CC(=O)C(NC(=O)Cn1c(C)c(Br)c(C)nc1=O)C(C)C. The van der Waals surface area contributed by atoms with Crippen molar-refractivity contribution in [1.29, 1.82) is 0 Å². The van der Waals surface area contributed by atoms with E-state index in [0.717, 1.165) is 0 Å². The molecule has 0 aliphatic heterocycles. The van der Waals surface area contributed by atoms with Crippen LogP contribution < -0.4 is 11.0 Å². The quantitative estimate of drug-likeness (QED) is 0.862. The molecule has 0 bridgehead atoms. The van der Waals surface area contributed by atoms with Gasteiger partial charge < -0.3 is 5.32 Å². The first-order valence-electron chi connectivity index (χ1n) is 6.68. The lowest BCUT2D eigenvalue weighted by Gasteiger charge is -2.20. The van der Waals surface area contributed by atoms with Crippen LogP contribution in [0.2, 0.25) is 0 Å². The lowest BCUT2D eigenvalue weighted by Crippen LogP contribution is -2.46. The van der Waals surface area contributed by atoms with Crippen LogP contribution in [0.15, 0.2) is 9.27 Å². The summed E-state index contributed by atoms with van der Waals surface area (Å²) in [6.45, 7) is 8.44. The second-order valence-corrected chi connectivity index (χ2v) is 6.16. The monoisotopic (exact) mass is 357 g/mol. The van der Waals surface area contributed by atoms with Gasteiger partial charge in [-0.15, -0.1) is 0 Å². The lowest BCUT2D eigenvalue weighted by molar-refractivity contribution is -0.128. The minimum Gasteiger partial charge on any atom is -0.344 e. The van der Waals surface area contributed by atoms with Crippen LogP contribution in [0.4, 0.5) is 0 Å². The summed E-state index contributed by atoms with van der Waals surface area (Å²) in [4.78, 5) is 39.3. The number of hydrogen-bond donors (Lipinski definition) is 1. The van der Waals surface area contributed by atoms with Crippen LogP contribution in [0.3, 0.4) is 0 Å². The third kappa shape index (κ3) is 4.23. The van der Waals surface area contributed by atoms with Crippen molar-refractivity contribution >= 4 is 27.6 Å². The number of amides is 1. The molecule has 1 aromatic rings. The zero-order valence-corrected chi connectivity index (χ0v) is 14.4. The van der Waals surface area contributed by atoms with Crippen molar-refractivity contribution in [3.05, 3.63) is 26.3 Å². The van der Waals surface area contributed by atoms with Gasteiger partial charge in [-0.25, -0.2) is 4.79 Å². The molecule has 1 amide bonds. The number of rotatable bonds is 5. The van der Waals surface area contributed by atoms with Crippen LogP contribution in [0.5, 0.6) is 0 Å². The minimum atomic E-state index is -0.546. The number of ketones is 1. The Morgan fingerprint density at radius 2 is 1.90 bits per heavy atom. The summed E-state index contributed by atoms with van der Waals surface area (Å²) in [5.41, 5.74) is 0.733. The number of nitrogens with zero attached hydrogens (tertiary/aromatic N) is 2. The van der Waals surface area contributed by atoms with Crippen LogP contribution in [-0.2, 0) is 16.1 Å². The van der Waals surface area contributed by atoms with Gasteiger partial charge in [0.2, 0.25) is 5.91 Å². The Morgan fingerprint density at radius 1 is 1.33 bits per heavy atom. The van der Waals surface area contributed by atoms with Crippen LogP contribution in [0.25, 0.3) is 0 Å². The molecule has 1 heterocycles. The van der Waals surface area contributed by atoms with Gasteiger partial charge in [-0.05, 0) is 42.6 Å². The van der Waals surface area contributed by atoms with Crippen LogP contribution in [0, 0.1) is 19.8 Å². The van der Waals surface area contributed by atoms with Crippen molar-refractivity contribution in [3.63, 3.8) is 0 Å². The predicted octanol–water partition coefficient (Wildman–Crippen LogP) is 1.35. The van der Waals surface area contributed by atoms with E-state index in [-0.39, 0.29) is 24.2 Å². The van der Waals surface area contributed by atoms with Crippen molar-refractivity contribution in [1.82, 2.24) is 14.9 Å². The summed E-state index contributed by atoms with van der Waals surface area (Å²) in [5.74, 6) is -0.496. The summed E-state index contributed by atoms with van der Waals surface area (Å²) < 4.78 is 1.98. The molecule has 0 radical (unpaired) electrons.